The molecule has 1 aromatic heterocycles. The standard InChI is InChI=1S/C22H25N3O2/c1-4-27-18-12-10-17(11-13-18)15-25(3)16(2)22(26)24-21-9-5-8-20-19(21)7-6-14-23-20/h5-14,16H,4,15H2,1-3H3,(H,24,26). The minimum Gasteiger partial charge on any atom is -0.494 e. The highest BCUT2D eigenvalue weighted by Crippen LogP contribution is 2.22. The van der Waals surface area contributed by atoms with E-state index < -0.39 is 0 Å². The van der Waals surface area contributed by atoms with Crippen LogP contribution in [0.3, 0.4) is 0 Å². The van der Waals surface area contributed by atoms with Crippen LogP contribution < -0.4 is 10.1 Å². The highest BCUT2D eigenvalue weighted by molar-refractivity contribution is 6.02. The topological polar surface area (TPSA) is 54.5 Å². The van der Waals surface area contributed by atoms with Crippen LogP contribution in [0.5, 0.6) is 5.75 Å². The summed E-state index contributed by atoms with van der Waals surface area (Å²) in [4.78, 5) is 19.1. The molecule has 0 radical (unpaired) electrons. The van der Waals surface area contributed by atoms with E-state index in [4.69, 9.17) is 4.74 Å². The second kappa shape index (κ2) is 8.64. The molecule has 0 saturated heterocycles. The number of amides is 1. The van der Waals surface area contributed by atoms with Crippen molar-refractivity contribution in [3.63, 3.8) is 0 Å². The molecular formula is C22H25N3O2. The molecule has 140 valence electrons. The Morgan fingerprint density at radius 1 is 1.15 bits per heavy atom. The lowest BCUT2D eigenvalue weighted by Crippen LogP contribution is -2.39. The molecule has 0 aliphatic heterocycles. The molecule has 27 heavy (non-hydrogen) atoms. The summed E-state index contributed by atoms with van der Waals surface area (Å²) in [5.74, 6) is 0.819. The first kappa shape index (κ1) is 18.9. The van der Waals surface area contributed by atoms with Crippen molar-refractivity contribution < 1.29 is 9.53 Å². The third kappa shape index (κ3) is 4.63. The molecule has 1 unspecified atom stereocenters. The molecular weight excluding hydrogens is 338 g/mol. The summed E-state index contributed by atoms with van der Waals surface area (Å²) < 4.78 is 5.47. The molecule has 5 heteroatoms. The molecule has 1 amide bonds. The lowest BCUT2D eigenvalue weighted by atomic mass is 10.1. The van der Waals surface area contributed by atoms with Crippen LogP contribution in [0.4, 0.5) is 5.69 Å². The average Bonchev–Trinajstić information content (AvgIpc) is 2.69. The zero-order valence-corrected chi connectivity index (χ0v) is 16.0. The Hall–Kier alpha value is -2.92. The van der Waals surface area contributed by atoms with Crippen molar-refractivity contribution in [1.29, 1.82) is 0 Å². The minimum absolute atomic E-state index is 0.0419. The van der Waals surface area contributed by atoms with Crippen LogP contribution in [0.25, 0.3) is 10.9 Å². The first-order chi connectivity index (χ1) is 13.1. The molecule has 1 atom stereocenters. The van der Waals surface area contributed by atoms with Gasteiger partial charge in [0.2, 0.25) is 5.91 Å². The molecule has 1 N–H and O–H groups in total. The van der Waals surface area contributed by atoms with E-state index >= 15 is 0 Å². The molecule has 0 aliphatic carbocycles. The van der Waals surface area contributed by atoms with Gasteiger partial charge >= 0.3 is 0 Å². The molecule has 0 bridgehead atoms. The fraction of sp³-hybridized carbons (Fsp3) is 0.273. The van der Waals surface area contributed by atoms with Crippen molar-refractivity contribution in [2.45, 2.75) is 26.4 Å². The summed E-state index contributed by atoms with van der Waals surface area (Å²) in [5, 5.41) is 3.98. The van der Waals surface area contributed by atoms with E-state index in [2.05, 4.69) is 10.3 Å². The number of hydrogen-bond donors (Lipinski definition) is 1. The number of carbonyl (C=O) groups is 1. The van der Waals surface area contributed by atoms with Gasteiger partial charge in [-0.2, -0.15) is 0 Å². The average molecular weight is 363 g/mol. The highest BCUT2D eigenvalue weighted by atomic mass is 16.5. The van der Waals surface area contributed by atoms with Crippen LogP contribution in [-0.4, -0.2) is 35.5 Å². The number of pyridine rings is 1. The summed E-state index contributed by atoms with van der Waals surface area (Å²) in [6, 6.07) is 17.3. The summed E-state index contributed by atoms with van der Waals surface area (Å²) in [5.41, 5.74) is 2.78. The molecule has 0 spiro atoms. The van der Waals surface area contributed by atoms with Gasteiger partial charge in [-0.05, 0) is 62.9 Å². The number of rotatable bonds is 7. The number of nitrogens with one attached hydrogen (secondary N) is 1. The predicted octanol–water partition coefficient (Wildman–Crippen LogP) is 4.09. The minimum atomic E-state index is -0.275. The summed E-state index contributed by atoms with van der Waals surface area (Å²) in [6.07, 6.45) is 1.75. The largest absolute Gasteiger partial charge is 0.494 e. The second-order valence-electron chi connectivity index (χ2n) is 6.53. The molecule has 2 aromatic carbocycles. The zero-order chi connectivity index (χ0) is 19.2. The summed E-state index contributed by atoms with van der Waals surface area (Å²) in [7, 11) is 1.95. The molecule has 3 aromatic rings. The van der Waals surface area contributed by atoms with Crippen molar-refractivity contribution in [1.82, 2.24) is 9.88 Å². The fourth-order valence-electron chi connectivity index (χ4n) is 2.93. The summed E-state index contributed by atoms with van der Waals surface area (Å²) >= 11 is 0. The monoisotopic (exact) mass is 363 g/mol. The number of likely N-dealkylation sites (N-methyl/N-ethyl adjacent to an activating group) is 1. The third-order valence-corrected chi connectivity index (χ3v) is 4.61. The van der Waals surface area contributed by atoms with Crippen molar-refractivity contribution in [3.05, 3.63) is 66.4 Å². The second-order valence-corrected chi connectivity index (χ2v) is 6.53. The van der Waals surface area contributed by atoms with Crippen LogP contribution in [0, 0.1) is 0 Å². The first-order valence-electron chi connectivity index (χ1n) is 9.15. The summed E-state index contributed by atoms with van der Waals surface area (Å²) in [6.45, 7) is 5.21. The van der Waals surface area contributed by atoms with Gasteiger partial charge in [-0.15, -0.1) is 0 Å². The zero-order valence-electron chi connectivity index (χ0n) is 16.0. The number of carbonyl (C=O) groups excluding carboxylic acids is 1. The Labute approximate surface area is 160 Å². The van der Waals surface area contributed by atoms with E-state index in [1.807, 2.05) is 80.4 Å². The van der Waals surface area contributed by atoms with Gasteiger partial charge < -0.3 is 10.1 Å². The maximum atomic E-state index is 12.7. The van der Waals surface area contributed by atoms with Gasteiger partial charge in [-0.3, -0.25) is 14.7 Å². The normalized spacial score (nSPS) is 12.1. The van der Waals surface area contributed by atoms with Crippen molar-refractivity contribution in [2.75, 3.05) is 19.0 Å². The lowest BCUT2D eigenvalue weighted by Gasteiger charge is -2.24. The fourth-order valence-corrected chi connectivity index (χ4v) is 2.93. The smallest absolute Gasteiger partial charge is 0.241 e. The van der Waals surface area contributed by atoms with E-state index in [1.165, 1.54) is 0 Å². The number of anilines is 1. The Balaban J connectivity index is 1.65. The van der Waals surface area contributed by atoms with Crippen molar-refractivity contribution in [2.24, 2.45) is 0 Å². The lowest BCUT2D eigenvalue weighted by molar-refractivity contribution is -0.120. The van der Waals surface area contributed by atoms with Crippen LogP contribution in [-0.2, 0) is 11.3 Å². The predicted molar refractivity (Wildman–Crippen MR) is 109 cm³/mol. The number of hydrogen-bond acceptors (Lipinski definition) is 4. The van der Waals surface area contributed by atoms with Crippen LogP contribution >= 0.6 is 0 Å². The first-order valence-corrected chi connectivity index (χ1v) is 9.15. The van der Waals surface area contributed by atoms with Gasteiger partial charge in [0.15, 0.2) is 0 Å². The van der Waals surface area contributed by atoms with E-state index in [9.17, 15) is 4.79 Å². The van der Waals surface area contributed by atoms with Crippen molar-refractivity contribution in [3.8, 4) is 5.75 Å². The quantitative estimate of drug-likeness (QED) is 0.687. The van der Waals surface area contributed by atoms with Crippen LogP contribution in [0.2, 0.25) is 0 Å². The maximum absolute atomic E-state index is 12.7. The number of nitrogens with zero attached hydrogens (tertiary/aromatic N) is 2. The van der Waals surface area contributed by atoms with Gasteiger partial charge in [0.1, 0.15) is 5.75 Å². The Morgan fingerprint density at radius 2 is 1.93 bits per heavy atom. The molecule has 1 heterocycles. The molecule has 0 saturated carbocycles. The van der Waals surface area contributed by atoms with Gasteiger partial charge in [0, 0.05) is 18.1 Å². The van der Waals surface area contributed by atoms with E-state index in [-0.39, 0.29) is 11.9 Å². The van der Waals surface area contributed by atoms with E-state index in [1.54, 1.807) is 6.20 Å². The number of aromatic nitrogens is 1. The highest BCUT2D eigenvalue weighted by Gasteiger charge is 2.19. The molecule has 0 fully saturated rings. The Kier molecular flexibility index (Phi) is 6.04. The SMILES string of the molecule is CCOc1ccc(CN(C)C(C)C(=O)Nc2cccc3ncccc23)cc1. The van der Waals surface area contributed by atoms with Crippen LogP contribution in [0.1, 0.15) is 19.4 Å². The van der Waals surface area contributed by atoms with Gasteiger partial charge in [-0.25, -0.2) is 0 Å². The number of ether oxygens (including phenoxy) is 1. The van der Waals surface area contributed by atoms with Crippen molar-refractivity contribution >= 4 is 22.5 Å². The van der Waals surface area contributed by atoms with E-state index in [0.717, 1.165) is 27.9 Å². The van der Waals surface area contributed by atoms with Gasteiger partial charge in [0.25, 0.3) is 0 Å². The Morgan fingerprint density at radius 3 is 2.67 bits per heavy atom. The maximum Gasteiger partial charge on any atom is 0.241 e. The third-order valence-electron chi connectivity index (χ3n) is 4.61. The number of benzene rings is 2. The molecule has 3 rings (SSSR count). The van der Waals surface area contributed by atoms with Gasteiger partial charge in [0.05, 0.1) is 23.9 Å². The molecule has 5 nitrogen and oxygen atoms in total. The van der Waals surface area contributed by atoms with E-state index in [0.29, 0.717) is 13.2 Å². The Bertz CT molecular complexity index is 904. The van der Waals surface area contributed by atoms with Crippen LogP contribution in [0.15, 0.2) is 60.8 Å². The number of fused-ring (bicyclic) bond motifs is 1. The molecule has 0 aliphatic rings. The van der Waals surface area contributed by atoms with Gasteiger partial charge in [-0.1, -0.05) is 18.2 Å².